The fourth-order valence-electron chi connectivity index (χ4n) is 4.50. The van der Waals surface area contributed by atoms with Gasteiger partial charge in [0.1, 0.15) is 4.88 Å². The van der Waals surface area contributed by atoms with Crippen molar-refractivity contribution in [1.82, 2.24) is 9.80 Å². The lowest BCUT2D eigenvalue weighted by Crippen LogP contribution is -2.33. The maximum absolute atomic E-state index is 12.7. The maximum Gasteiger partial charge on any atom is 0.265 e. The van der Waals surface area contributed by atoms with E-state index in [2.05, 4.69) is 4.90 Å². The summed E-state index contributed by atoms with van der Waals surface area (Å²) in [5, 5.41) is 2.43. The molecule has 2 aliphatic heterocycles. The van der Waals surface area contributed by atoms with Gasteiger partial charge in [0, 0.05) is 31.7 Å². The lowest BCUT2D eigenvalue weighted by atomic mass is 10.0. The van der Waals surface area contributed by atoms with Crippen LogP contribution in [0.3, 0.4) is 0 Å². The van der Waals surface area contributed by atoms with Gasteiger partial charge in [0.2, 0.25) is 5.91 Å². The van der Waals surface area contributed by atoms with Gasteiger partial charge < -0.3 is 15.5 Å². The van der Waals surface area contributed by atoms with Crippen molar-refractivity contribution in [2.45, 2.75) is 12.8 Å². The van der Waals surface area contributed by atoms with Gasteiger partial charge in [-0.2, -0.15) is 0 Å². The Bertz CT molecular complexity index is 870. The fraction of sp³-hybridized carbons (Fsp3) is 0.429. The largest absolute Gasteiger partial charge is 0.366 e. The minimum Gasteiger partial charge on any atom is -0.366 e. The number of carbonyl (C=O) groups excluding carboxylic acids is 2. The summed E-state index contributed by atoms with van der Waals surface area (Å²) in [6.07, 6.45) is 1.85. The molecular weight excluding hydrogens is 394 g/mol. The van der Waals surface area contributed by atoms with Gasteiger partial charge in [-0.05, 0) is 54.3 Å². The predicted molar refractivity (Wildman–Crippen MR) is 112 cm³/mol. The van der Waals surface area contributed by atoms with E-state index in [0.29, 0.717) is 27.3 Å². The van der Waals surface area contributed by atoms with Gasteiger partial charge in [-0.25, -0.2) is 0 Å². The molecule has 2 aromatic rings. The minimum atomic E-state index is -0.359. The molecule has 0 aliphatic carbocycles. The fourth-order valence-corrected chi connectivity index (χ4v) is 5.60. The van der Waals surface area contributed by atoms with Crippen LogP contribution in [0.25, 0.3) is 0 Å². The van der Waals surface area contributed by atoms with Gasteiger partial charge in [0.15, 0.2) is 0 Å². The van der Waals surface area contributed by atoms with Gasteiger partial charge in [0.05, 0.1) is 5.02 Å². The summed E-state index contributed by atoms with van der Waals surface area (Å²) < 4.78 is 0. The molecule has 2 amide bonds. The number of rotatable bonds is 6. The third kappa shape index (κ3) is 3.95. The van der Waals surface area contributed by atoms with Crippen molar-refractivity contribution in [3.05, 3.63) is 56.7 Å². The Morgan fingerprint density at radius 1 is 1.11 bits per heavy atom. The second-order valence-corrected chi connectivity index (χ2v) is 9.04. The van der Waals surface area contributed by atoms with E-state index in [1.807, 2.05) is 28.5 Å². The highest BCUT2D eigenvalue weighted by atomic mass is 35.5. The topological polar surface area (TPSA) is 66.6 Å². The van der Waals surface area contributed by atoms with Crippen LogP contribution in [0.1, 0.15) is 32.0 Å². The van der Waals surface area contributed by atoms with Gasteiger partial charge in [-0.3, -0.25) is 9.59 Å². The summed E-state index contributed by atoms with van der Waals surface area (Å²) in [6, 6.07) is 9.37. The maximum atomic E-state index is 12.7. The van der Waals surface area contributed by atoms with E-state index in [-0.39, 0.29) is 11.8 Å². The average molecular weight is 418 g/mol. The summed E-state index contributed by atoms with van der Waals surface area (Å²) in [5.74, 6) is 0.798. The molecule has 0 radical (unpaired) electrons. The van der Waals surface area contributed by atoms with Crippen molar-refractivity contribution in [2.75, 3.05) is 32.7 Å². The van der Waals surface area contributed by atoms with Crippen LogP contribution in [-0.4, -0.2) is 54.3 Å². The standard InChI is InChI=1S/C21H24ClN3O2S/c22-18-7-9-28-19(18)21(27)25-12-15-10-24(11-16(15)13-25)8-3-5-14-4-1-2-6-17(14)20(23)26/h1-2,4,6-7,9,15-16H,3,5,8,10-13H2,(H2,23,26)/t15-,16?/m0/s1. The van der Waals surface area contributed by atoms with Crippen LogP contribution in [-0.2, 0) is 6.42 Å². The lowest BCUT2D eigenvalue weighted by Gasteiger charge is -2.21. The molecule has 7 heteroatoms. The molecule has 1 unspecified atom stereocenters. The second-order valence-electron chi connectivity index (χ2n) is 7.71. The van der Waals surface area contributed by atoms with Crippen molar-refractivity contribution >= 4 is 34.8 Å². The summed E-state index contributed by atoms with van der Waals surface area (Å²) in [7, 11) is 0. The van der Waals surface area contributed by atoms with E-state index in [1.165, 1.54) is 11.3 Å². The van der Waals surface area contributed by atoms with Crippen LogP contribution in [0.4, 0.5) is 0 Å². The number of likely N-dealkylation sites (tertiary alicyclic amines) is 2. The van der Waals surface area contributed by atoms with Crippen molar-refractivity contribution in [3.63, 3.8) is 0 Å². The monoisotopic (exact) mass is 417 g/mol. The second kappa shape index (κ2) is 8.23. The summed E-state index contributed by atoms with van der Waals surface area (Å²) in [4.78, 5) is 29.3. The van der Waals surface area contributed by atoms with Gasteiger partial charge in [0.25, 0.3) is 5.91 Å². The number of hydrogen-bond acceptors (Lipinski definition) is 4. The Morgan fingerprint density at radius 2 is 1.82 bits per heavy atom. The number of fused-ring (bicyclic) bond motifs is 1. The molecule has 0 bridgehead atoms. The van der Waals surface area contributed by atoms with E-state index in [0.717, 1.165) is 51.1 Å². The first-order valence-corrected chi connectivity index (χ1v) is 10.9. The van der Waals surface area contributed by atoms with Crippen LogP contribution in [0.15, 0.2) is 35.7 Å². The third-order valence-electron chi connectivity index (χ3n) is 5.86. The number of halogens is 1. The predicted octanol–water partition coefficient (Wildman–Crippen LogP) is 3.14. The number of aryl methyl sites for hydroxylation is 1. The summed E-state index contributed by atoms with van der Waals surface area (Å²) in [6.45, 7) is 4.70. The molecule has 4 rings (SSSR count). The molecule has 148 valence electrons. The molecule has 2 saturated heterocycles. The number of nitrogens with two attached hydrogens (primary N) is 1. The number of benzene rings is 1. The molecule has 0 saturated carbocycles. The zero-order valence-electron chi connectivity index (χ0n) is 15.6. The number of hydrogen-bond donors (Lipinski definition) is 1. The third-order valence-corrected chi connectivity index (χ3v) is 7.19. The van der Waals surface area contributed by atoms with Gasteiger partial charge >= 0.3 is 0 Å². The van der Waals surface area contributed by atoms with Gasteiger partial charge in [-0.1, -0.05) is 29.8 Å². The van der Waals surface area contributed by atoms with Crippen LogP contribution in [0.5, 0.6) is 0 Å². The first-order chi connectivity index (χ1) is 13.5. The van der Waals surface area contributed by atoms with Crippen LogP contribution in [0, 0.1) is 11.8 Å². The molecule has 1 aromatic heterocycles. The van der Waals surface area contributed by atoms with Crippen molar-refractivity contribution in [2.24, 2.45) is 17.6 Å². The van der Waals surface area contributed by atoms with Crippen LogP contribution >= 0.6 is 22.9 Å². The molecular formula is C21H24ClN3O2S. The van der Waals surface area contributed by atoms with Crippen molar-refractivity contribution in [1.29, 1.82) is 0 Å². The minimum absolute atomic E-state index is 0.0732. The van der Waals surface area contributed by atoms with Gasteiger partial charge in [-0.15, -0.1) is 11.3 Å². The Labute approximate surface area is 174 Å². The molecule has 2 N–H and O–H groups in total. The van der Waals surface area contributed by atoms with Crippen LogP contribution < -0.4 is 5.73 Å². The first-order valence-electron chi connectivity index (χ1n) is 9.65. The number of amides is 2. The Morgan fingerprint density at radius 3 is 2.46 bits per heavy atom. The van der Waals surface area contributed by atoms with E-state index < -0.39 is 0 Å². The van der Waals surface area contributed by atoms with E-state index >= 15 is 0 Å². The number of thiophene rings is 1. The van der Waals surface area contributed by atoms with Crippen molar-refractivity contribution in [3.8, 4) is 0 Å². The molecule has 0 spiro atoms. The first kappa shape index (κ1) is 19.4. The van der Waals surface area contributed by atoms with E-state index in [4.69, 9.17) is 17.3 Å². The van der Waals surface area contributed by atoms with E-state index in [1.54, 1.807) is 12.1 Å². The molecule has 2 atom stereocenters. The number of nitrogens with zero attached hydrogens (tertiary/aromatic N) is 2. The Kier molecular flexibility index (Phi) is 5.71. The quantitative estimate of drug-likeness (QED) is 0.785. The highest BCUT2D eigenvalue weighted by Gasteiger charge is 2.41. The highest BCUT2D eigenvalue weighted by molar-refractivity contribution is 7.12. The Hall–Kier alpha value is -1.89. The molecule has 2 fully saturated rings. The Balaban J connectivity index is 1.26. The molecule has 1 aromatic carbocycles. The lowest BCUT2D eigenvalue weighted by molar-refractivity contribution is 0.0778. The number of carbonyl (C=O) groups is 2. The normalized spacial score (nSPS) is 21.8. The van der Waals surface area contributed by atoms with Crippen molar-refractivity contribution < 1.29 is 9.59 Å². The molecule has 2 aliphatic rings. The molecule has 5 nitrogen and oxygen atoms in total. The van der Waals surface area contributed by atoms with E-state index in [9.17, 15) is 9.59 Å². The van der Waals surface area contributed by atoms with Crippen LogP contribution in [0.2, 0.25) is 5.02 Å². The SMILES string of the molecule is NC(=O)c1ccccc1CCCN1CC2CN(C(=O)c3sccc3Cl)C[C@@H]2C1. The zero-order valence-corrected chi connectivity index (χ0v) is 17.2. The molecule has 28 heavy (non-hydrogen) atoms. The summed E-state index contributed by atoms with van der Waals surface area (Å²) >= 11 is 7.54. The zero-order chi connectivity index (χ0) is 19.7. The number of primary amides is 1. The summed E-state index contributed by atoms with van der Waals surface area (Å²) in [5.41, 5.74) is 7.12. The highest BCUT2D eigenvalue weighted by Crippen LogP contribution is 2.33. The average Bonchev–Trinajstić information content (AvgIpc) is 3.36. The molecule has 3 heterocycles. The smallest absolute Gasteiger partial charge is 0.265 e.